The fourth-order valence-corrected chi connectivity index (χ4v) is 4.79. The Bertz CT molecular complexity index is 1200. The van der Waals surface area contributed by atoms with E-state index in [0.29, 0.717) is 38.7 Å². The highest BCUT2D eigenvalue weighted by Crippen LogP contribution is 2.29. The van der Waals surface area contributed by atoms with E-state index < -0.39 is 11.6 Å². The number of nitrogens with zero attached hydrogens (tertiary/aromatic N) is 3. The normalized spacial score (nSPS) is 19.0. The number of halogens is 2. The molecule has 38 heavy (non-hydrogen) atoms. The Labute approximate surface area is 221 Å². The highest BCUT2D eigenvalue weighted by Gasteiger charge is 2.19. The molecule has 0 radical (unpaired) electrons. The van der Waals surface area contributed by atoms with Crippen LogP contribution < -0.4 is 10.2 Å². The van der Waals surface area contributed by atoms with E-state index in [1.807, 2.05) is 19.1 Å². The van der Waals surface area contributed by atoms with E-state index in [-0.39, 0.29) is 12.3 Å². The average Bonchev–Trinajstić information content (AvgIpc) is 2.92. The van der Waals surface area contributed by atoms with E-state index in [1.165, 1.54) is 12.1 Å². The van der Waals surface area contributed by atoms with Gasteiger partial charge in [-0.2, -0.15) is 0 Å². The van der Waals surface area contributed by atoms with Crippen molar-refractivity contribution in [3.05, 3.63) is 59.3 Å². The summed E-state index contributed by atoms with van der Waals surface area (Å²) in [7, 11) is 0. The average molecular weight is 529 g/mol. The molecule has 2 fully saturated rings. The van der Waals surface area contributed by atoms with Gasteiger partial charge in [-0.25, -0.2) is 13.8 Å². The van der Waals surface area contributed by atoms with Gasteiger partial charge in [0.1, 0.15) is 17.5 Å². The van der Waals surface area contributed by atoms with Gasteiger partial charge in [0, 0.05) is 37.0 Å². The van der Waals surface area contributed by atoms with Crippen molar-refractivity contribution < 1.29 is 27.7 Å². The van der Waals surface area contributed by atoms with Crippen LogP contribution in [0.15, 0.2) is 36.5 Å². The summed E-state index contributed by atoms with van der Waals surface area (Å²) in [4.78, 5) is 11.8. The highest BCUT2D eigenvalue weighted by atomic mass is 19.1. The topological polar surface area (TPSA) is 78.0 Å². The Morgan fingerprint density at radius 1 is 1.05 bits per heavy atom. The molecule has 2 unspecified atom stereocenters. The quantitative estimate of drug-likeness (QED) is 0.370. The fraction of sp³-hybridized carbons (Fsp3) is 0.500. The lowest BCUT2D eigenvalue weighted by Crippen LogP contribution is -2.36. The van der Waals surface area contributed by atoms with Crippen molar-refractivity contribution >= 4 is 22.5 Å². The van der Waals surface area contributed by atoms with E-state index in [0.717, 1.165) is 73.0 Å². The van der Waals surface area contributed by atoms with Crippen LogP contribution in [0.1, 0.15) is 43.4 Å². The lowest BCUT2D eigenvalue weighted by atomic mass is 10.0. The number of anilines is 2. The zero-order valence-electron chi connectivity index (χ0n) is 21.6. The minimum absolute atomic E-state index is 0.143. The standard InChI is InChI=1S/C28H34F2N4O4/c1-19(32-23-15-21(29)14-22(30)16-23)24-12-20(18-36-10-11-38-27-4-2-3-7-37-27)13-25-28(24)33-26(17-31-25)34-5-8-35-9-6-34/h12-17,19,27,32H,2-11,18H2,1H3. The van der Waals surface area contributed by atoms with Crippen LogP contribution in [0.5, 0.6) is 0 Å². The van der Waals surface area contributed by atoms with E-state index in [9.17, 15) is 8.78 Å². The Kier molecular flexibility index (Phi) is 8.95. The Hall–Kier alpha value is -2.92. The number of rotatable bonds is 10. The molecule has 1 aromatic heterocycles. The number of benzene rings is 2. The molecule has 2 atom stereocenters. The minimum atomic E-state index is -0.637. The summed E-state index contributed by atoms with van der Waals surface area (Å²) in [6.45, 7) is 6.70. The molecule has 2 saturated heterocycles. The van der Waals surface area contributed by atoms with Gasteiger partial charge in [0.15, 0.2) is 6.29 Å². The lowest BCUT2D eigenvalue weighted by molar-refractivity contribution is -0.169. The third-order valence-corrected chi connectivity index (χ3v) is 6.71. The smallest absolute Gasteiger partial charge is 0.157 e. The maximum atomic E-state index is 13.8. The number of nitrogens with one attached hydrogen (secondary N) is 1. The minimum Gasteiger partial charge on any atom is -0.378 e. The summed E-state index contributed by atoms with van der Waals surface area (Å²) in [6.07, 6.45) is 4.75. The van der Waals surface area contributed by atoms with Crippen LogP contribution in [0.2, 0.25) is 0 Å². The molecule has 2 aliphatic rings. The first-order valence-electron chi connectivity index (χ1n) is 13.2. The van der Waals surface area contributed by atoms with Crippen LogP contribution in [0.25, 0.3) is 11.0 Å². The van der Waals surface area contributed by atoms with Crippen LogP contribution >= 0.6 is 0 Å². The molecular weight excluding hydrogens is 494 g/mol. The number of aromatic nitrogens is 2. The van der Waals surface area contributed by atoms with Gasteiger partial charge in [-0.15, -0.1) is 0 Å². The molecule has 3 aromatic rings. The van der Waals surface area contributed by atoms with Gasteiger partial charge in [-0.1, -0.05) is 0 Å². The first-order chi connectivity index (χ1) is 18.5. The van der Waals surface area contributed by atoms with Crippen LogP contribution in [0.3, 0.4) is 0 Å². The monoisotopic (exact) mass is 528 g/mol. The summed E-state index contributed by atoms with van der Waals surface area (Å²) in [5.41, 5.74) is 3.59. The molecule has 2 aromatic carbocycles. The summed E-state index contributed by atoms with van der Waals surface area (Å²) in [5.74, 6) is -0.499. The maximum absolute atomic E-state index is 13.8. The molecule has 204 valence electrons. The van der Waals surface area contributed by atoms with Crippen molar-refractivity contribution in [2.45, 2.75) is 45.1 Å². The van der Waals surface area contributed by atoms with E-state index in [2.05, 4.69) is 10.2 Å². The van der Waals surface area contributed by atoms with Gasteiger partial charge in [0.05, 0.1) is 56.3 Å². The fourth-order valence-electron chi connectivity index (χ4n) is 4.79. The molecule has 1 N–H and O–H groups in total. The molecule has 10 heteroatoms. The SMILES string of the molecule is CC(Nc1cc(F)cc(F)c1)c1cc(COCCOC2CCCCO2)cc2ncc(N3CCOCC3)nc12. The molecule has 0 saturated carbocycles. The van der Waals surface area contributed by atoms with Gasteiger partial charge >= 0.3 is 0 Å². The van der Waals surface area contributed by atoms with E-state index in [1.54, 1.807) is 6.20 Å². The van der Waals surface area contributed by atoms with Crippen LogP contribution in [-0.4, -0.2) is 62.4 Å². The second-order valence-corrected chi connectivity index (χ2v) is 9.62. The number of hydrogen-bond donors (Lipinski definition) is 1. The third kappa shape index (κ3) is 6.93. The predicted octanol–water partition coefficient (Wildman–Crippen LogP) is 4.98. The summed E-state index contributed by atoms with van der Waals surface area (Å²) >= 11 is 0. The first kappa shape index (κ1) is 26.7. The van der Waals surface area contributed by atoms with E-state index >= 15 is 0 Å². The molecule has 0 bridgehead atoms. The lowest BCUT2D eigenvalue weighted by Gasteiger charge is -2.28. The summed E-state index contributed by atoms with van der Waals surface area (Å²) in [5, 5.41) is 3.21. The summed E-state index contributed by atoms with van der Waals surface area (Å²) in [6, 6.07) is 7.07. The van der Waals surface area contributed by atoms with Gasteiger partial charge in [-0.3, -0.25) is 4.98 Å². The van der Waals surface area contributed by atoms with Crippen molar-refractivity contribution in [2.24, 2.45) is 0 Å². The Morgan fingerprint density at radius 3 is 2.63 bits per heavy atom. The van der Waals surface area contributed by atoms with Crippen LogP contribution in [0, 0.1) is 11.6 Å². The van der Waals surface area contributed by atoms with Crippen molar-refractivity contribution in [2.75, 3.05) is 56.3 Å². The summed E-state index contributed by atoms with van der Waals surface area (Å²) < 4.78 is 50.4. The van der Waals surface area contributed by atoms with Gasteiger partial charge in [0.25, 0.3) is 0 Å². The first-order valence-corrected chi connectivity index (χ1v) is 13.2. The predicted molar refractivity (Wildman–Crippen MR) is 140 cm³/mol. The second-order valence-electron chi connectivity index (χ2n) is 9.62. The van der Waals surface area contributed by atoms with Gasteiger partial charge in [-0.05, 0) is 56.0 Å². The Morgan fingerprint density at radius 2 is 1.87 bits per heavy atom. The van der Waals surface area contributed by atoms with Gasteiger partial charge in [0.2, 0.25) is 0 Å². The van der Waals surface area contributed by atoms with Crippen LogP contribution in [-0.2, 0) is 25.6 Å². The van der Waals surface area contributed by atoms with E-state index in [4.69, 9.17) is 28.9 Å². The zero-order valence-corrected chi connectivity index (χ0v) is 21.6. The molecule has 0 spiro atoms. The molecule has 0 aliphatic carbocycles. The highest BCUT2D eigenvalue weighted by molar-refractivity contribution is 5.81. The number of ether oxygens (including phenoxy) is 4. The maximum Gasteiger partial charge on any atom is 0.157 e. The molecule has 2 aliphatic heterocycles. The third-order valence-electron chi connectivity index (χ3n) is 6.71. The second kappa shape index (κ2) is 12.8. The Balaban J connectivity index is 1.34. The number of hydrogen-bond acceptors (Lipinski definition) is 8. The zero-order chi connectivity index (χ0) is 26.3. The van der Waals surface area contributed by atoms with Gasteiger partial charge < -0.3 is 29.2 Å². The molecule has 5 rings (SSSR count). The van der Waals surface area contributed by atoms with Crippen molar-refractivity contribution in [1.29, 1.82) is 0 Å². The molecule has 0 amide bonds. The largest absolute Gasteiger partial charge is 0.378 e. The molecule has 8 nitrogen and oxygen atoms in total. The van der Waals surface area contributed by atoms with Crippen LogP contribution in [0.4, 0.5) is 20.3 Å². The molecule has 3 heterocycles. The van der Waals surface area contributed by atoms with Crippen molar-refractivity contribution in [3.63, 3.8) is 0 Å². The number of fused-ring (bicyclic) bond motifs is 1. The number of morpholine rings is 1. The molecular formula is C28H34F2N4O4. The van der Waals surface area contributed by atoms with Crippen molar-refractivity contribution in [1.82, 2.24) is 9.97 Å². The van der Waals surface area contributed by atoms with Crippen molar-refractivity contribution in [3.8, 4) is 0 Å².